The molecule has 0 atom stereocenters. The lowest BCUT2D eigenvalue weighted by molar-refractivity contribution is 0.670. The summed E-state index contributed by atoms with van der Waals surface area (Å²) in [6.07, 6.45) is 1.83. The van der Waals surface area contributed by atoms with Gasteiger partial charge in [0.15, 0.2) is 17.5 Å². The van der Waals surface area contributed by atoms with Crippen LogP contribution in [0, 0.1) is 0 Å². The van der Waals surface area contributed by atoms with Crippen molar-refractivity contribution in [2.75, 3.05) is 0 Å². The van der Waals surface area contributed by atoms with Crippen molar-refractivity contribution in [1.29, 1.82) is 0 Å². The zero-order valence-electron chi connectivity index (χ0n) is 30.5. The highest BCUT2D eigenvalue weighted by atomic mass is 16.3. The van der Waals surface area contributed by atoms with Gasteiger partial charge in [-0.05, 0) is 53.1 Å². The predicted octanol–water partition coefficient (Wildman–Crippen LogP) is 12.9. The van der Waals surface area contributed by atoms with Crippen molar-refractivity contribution in [2.24, 2.45) is 0 Å². The van der Waals surface area contributed by atoms with Gasteiger partial charge in [-0.1, -0.05) is 146 Å². The molecule has 266 valence electrons. The Morgan fingerprint density at radius 3 is 1.70 bits per heavy atom. The second-order valence-corrected chi connectivity index (χ2v) is 14.1. The number of rotatable bonds is 6. The van der Waals surface area contributed by atoms with E-state index in [2.05, 4.69) is 91.0 Å². The molecule has 0 bridgehead atoms. The molecule has 0 saturated carbocycles. The van der Waals surface area contributed by atoms with E-state index in [-0.39, 0.29) is 0 Å². The van der Waals surface area contributed by atoms with Crippen LogP contribution >= 0.6 is 0 Å². The van der Waals surface area contributed by atoms with Gasteiger partial charge in [-0.3, -0.25) is 4.98 Å². The van der Waals surface area contributed by atoms with Crippen LogP contribution in [0.4, 0.5) is 0 Å². The minimum atomic E-state index is 0.554. The van der Waals surface area contributed by atoms with Gasteiger partial charge in [-0.2, -0.15) is 0 Å². The van der Waals surface area contributed by atoms with Crippen LogP contribution in [0.2, 0.25) is 0 Å². The van der Waals surface area contributed by atoms with E-state index >= 15 is 0 Å². The minimum absolute atomic E-state index is 0.554. The fourth-order valence-corrected chi connectivity index (χ4v) is 7.80. The molecule has 0 aliphatic carbocycles. The molecule has 57 heavy (non-hydrogen) atoms. The smallest absolute Gasteiger partial charge is 0.164 e. The van der Waals surface area contributed by atoms with Gasteiger partial charge in [0, 0.05) is 55.6 Å². The number of hydrogen-bond acceptors (Lipinski definition) is 6. The van der Waals surface area contributed by atoms with E-state index in [1.54, 1.807) is 0 Å². The van der Waals surface area contributed by atoms with Crippen molar-refractivity contribution in [1.82, 2.24) is 24.9 Å². The molecule has 0 aliphatic heterocycles. The van der Waals surface area contributed by atoms with Crippen LogP contribution in [-0.4, -0.2) is 24.9 Å². The van der Waals surface area contributed by atoms with Crippen LogP contribution in [0.1, 0.15) is 0 Å². The second-order valence-electron chi connectivity index (χ2n) is 14.1. The first-order chi connectivity index (χ1) is 28.2. The average Bonchev–Trinajstić information content (AvgIpc) is 3.68. The average molecular weight is 730 g/mol. The summed E-state index contributed by atoms with van der Waals surface area (Å²) < 4.78 is 6.60. The van der Waals surface area contributed by atoms with E-state index in [9.17, 15) is 0 Å². The topological polar surface area (TPSA) is 77.6 Å². The fourth-order valence-electron chi connectivity index (χ4n) is 7.80. The van der Waals surface area contributed by atoms with E-state index in [1.165, 1.54) is 0 Å². The van der Waals surface area contributed by atoms with E-state index < -0.39 is 0 Å². The van der Waals surface area contributed by atoms with E-state index in [4.69, 9.17) is 29.3 Å². The zero-order chi connectivity index (χ0) is 37.7. The number of hydrogen-bond donors (Lipinski definition) is 0. The Labute approximate surface area is 327 Å². The lowest BCUT2D eigenvalue weighted by atomic mass is 9.94. The van der Waals surface area contributed by atoms with Crippen molar-refractivity contribution in [3.05, 3.63) is 188 Å². The first kappa shape index (κ1) is 32.6. The van der Waals surface area contributed by atoms with Crippen LogP contribution in [0.25, 0.3) is 111 Å². The Balaban J connectivity index is 1.21. The molecular weight excluding hydrogens is 699 g/mol. The molecule has 11 aromatic rings. The number of benzene rings is 7. The predicted molar refractivity (Wildman–Crippen MR) is 230 cm³/mol. The van der Waals surface area contributed by atoms with Gasteiger partial charge in [0.05, 0.1) is 16.7 Å². The highest BCUT2D eigenvalue weighted by Gasteiger charge is 2.19. The Kier molecular flexibility index (Phi) is 7.71. The summed E-state index contributed by atoms with van der Waals surface area (Å²) in [5.41, 5.74) is 11.8. The summed E-state index contributed by atoms with van der Waals surface area (Å²) in [5.74, 6) is 1.75. The number of aromatic nitrogens is 5. The molecule has 4 heterocycles. The molecule has 0 aliphatic rings. The maximum atomic E-state index is 6.60. The molecule has 0 radical (unpaired) electrons. The molecule has 7 aromatic carbocycles. The van der Waals surface area contributed by atoms with E-state index in [0.717, 1.165) is 93.9 Å². The first-order valence-electron chi connectivity index (χ1n) is 18.9. The van der Waals surface area contributed by atoms with Gasteiger partial charge in [-0.15, -0.1) is 0 Å². The standard InChI is InChI=1S/C51H31N5O/c1-4-14-32(15-5-1)43-31-44(53-47-41(43)26-25-33-20-13-27-52-46(33)47)37-28-36(39-22-12-23-42-40-21-10-11-24-45(40)57-48(39)42)29-38(30-37)51-55-49(34-16-6-2-7-17-34)54-50(56-51)35-18-8-3-9-19-35/h1-31H. The van der Waals surface area contributed by atoms with Crippen molar-refractivity contribution >= 4 is 43.7 Å². The van der Waals surface area contributed by atoms with E-state index in [1.807, 2.05) is 97.2 Å². The lowest BCUT2D eigenvalue weighted by Gasteiger charge is -2.15. The first-order valence-corrected chi connectivity index (χ1v) is 18.9. The SMILES string of the molecule is c1ccc(-c2nc(-c3ccccc3)nc(-c3cc(-c4cc(-c5ccccc5)c5ccc6cccnc6c5n4)cc(-c4cccc5c4oc4ccccc45)c3)n2)cc1. The maximum Gasteiger partial charge on any atom is 0.164 e. The van der Waals surface area contributed by atoms with Crippen molar-refractivity contribution < 1.29 is 4.42 Å². The summed E-state index contributed by atoms with van der Waals surface area (Å²) in [7, 11) is 0. The second kappa shape index (κ2) is 13.5. The van der Waals surface area contributed by atoms with Gasteiger partial charge < -0.3 is 4.42 Å². The minimum Gasteiger partial charge on any atom is -0.455 e. The molecule has 0 saturated heterocycles. The van der Waals surface area contributed by atoms with Crippen molar-refractivity contribution in [3.8, 4) is 67.7 Å². The number of para-hydroxylation sites is 2. The summed E-state index contributed by atoms with van der Waals surface area (Å²) >= 11 is 0. The molecule has 0 unspecified atom stereocenters. The molecule has 0 fully saturated rings. The highest BCUT2D eigenvalue weighted by Crippen LogP contribution is 2.41. The molecule has 6 nitrogen and oxygen atoms in total. The molecule has 0 N–H and O–H groups in total. The molecule has 0 amide bonds. The fraction of sp³-hybridized carbons (Fsp3) is 0. The number of fused-ring (bicyclic) bond motifs is 6. The Bertz CT molecular complexity index is 3230. The molecule has 0 spiro atoms. The van der Waals surface area contributed by atoms with E-state index in [0.29, 0.717) is 17.5 Å². The van der Waals surface area contributed by atoms with Crippen LogP contribution in [0.15, 0.2) is 193 Å². The third-order valence-electron chi connectivity index (χ3n) is 10.5. The largest absolute Gasteiger partial charge is 0.455 e. The number of furan rings is 1. The Morgan fingerprint density at radius 2 is 0.965 bits per heavy atom. The normalized spacial score (nSPS) is 11.5. The van der Waals surface area contributed by atoms with Gasteiger partial charge in [0.25, 0.3) is 0 Å². The third kappa shape index (κ3) is 5.79. The van der Waals surface area contributed by atoms with Crippen LogP contribution in [-0.2, 0) is 0 Å². The van der Waals surface area contributed by atoms with Crippen LogP contribution < -0.4 is 0 Å². The van der Waals surface area contributed by atoms with Crippen LogP contribution in [0.3, 0.4) is 0 Å². The maximum absolute atomic E-state index is 6.60. The van der Waals surface area contributed by atoms with Gasteiger partial charge in [-0.25, -0.2) is 19.9 Å². The van der Waals surface area contributed by atoms with Crippen molar-refractivity contribution in [2.45, 2.75) is 0 Å². The molecular formula is C51H31N5O. The Morgan fingerprint density at radius 1 is 0.351 bits per heavy atom. The van der Waals surface area contributed by atoms with Crippen molar-refractivity contribution in [3.63, 3.8) is 0 Å². The monoisotopic (exact) mass is 729 g/mol. The highest BCUT2D eigenvalue weighted by molar-refractivity contribution is 6.11. The summed E-state index contributed by atoms with van der Waals surface area (Å²) in [6, 6.07) is 62.1. The van der Waals surface area contributed by atoms with Gasteiger partial charge in [0.1, 0.15) is 11.2 Å². The third-order valence-corrected chi connectivity index (χ3v) is 10.5. The molecule has 4 aromatic heterocycles. The summed E-state index contributed by atoms with van der Waals surface area (Å²) in [4.78, 5) is 25.5. The summed E-state index contributed by atoms with van der Waals surface area (Å²) in [6.45, 7) is 0. The zero-order valence-corrected chi connectivity index (χ0v) is 30.5. The number of pyridine rings is 2. The Hall–Kier alpha value is -7.83. The van der Waals surface area contributed by atoms with Crippen LogP contribution in [0.5, 0.6) is 0 Å². The van der Waals surface area contributed by atoms with Gasteiger partial charge >= 0.3 is 0 Å². The summed E-state index contributed by atoms with van der Waals surface area (Å²) in [5, 5.41) is 4.20. The molecule has 11 rings (SSSR count). The molecule has 6 heteroatoms. The quantitative estimate of drug-likeness (QED) is 0.159. The lowest BCUT2D eigenvalue weighted by Crippen LogP contribution is -2.01. The van der Waals surface area contributed by atoms with Gasteiger partial charge in [0.2, 0.25) is 0 Å². The number of nitrogens with zero attached hydrogens (tertiary/aromatic N) is 5.